The summed E-state index contributed by atoms with van der Waals surface area (Å²) in [6.45, 7) is 4.81. The van der Waals surface area contributed by atoms with Crippen LogP contribution in [-0.2, 0) is 11.3 Å². The smallest absolute Gasteiger partial charge is 0.255 e. The van der Waals surface area contributed by atoms with Gasteiger partial charge in [-0.1, -0.05) is 28.1 Å². The third-order valence-electron chi connectivity index (χ3n) is 3.97. The number of morpholine rings is 1. The van der Waals surface area contributed by atoms with Crippen LogP contribution in [0.5, 0.6) is 0 Å². The molecular weight excluding hydrogens is 356 g/mol. The second kappa shape index (κ2) is 7.73. The van der Waals surface area contributed by atoms with Gasteiger partial charge in [0.15, 0.2) is 0 Å². The number of hydrogen-bond acceptors (Lipinski definition) is 2. The molecule has 120 valence electrons. The molecule has 2 N–H and O–H groups in total. The van der Waals surface area contributed by atoms with Gasteiger partial charge in [0, 0.05) is 21.3 Å². The molecule has 1 saturated heterocycles. The summed E-state index contributed by atoms with van der Waals surface area (Å²) < 4.78 is 6.34. The molecular formula is C18H20BrN2O2+. The summed E-state index contributed by atoms with van der Waals surface area (Å²) in [5, 5.41) is 2.93. The number of amides is 1. The number of anilines is 1. The Morgan fingerprint density at radius 3 is 2.35 bits per heavy atom. The molecule has 0 unspecified atom stereocenters. The topological polar surface area (TPSA) is 42.8 Å². The van der Waals surface area contributed by atoms with Crippen LogP contribution in [0.25, 0.3) is 0 Å². The zero-order valence-electron chi connectivity index (χ0n) is 12.8. The van der Waals surface area contributed by atoms with E-state index in [-0.39, 0.29) is 5.91 Å². The zero-order chi connectivity index (χ0) is 16.1. The highest BCUT2D eigenvalue weighted by Crippen LogP contribution is 2.14. The van der Waals surface area contributed by atoms with E-state index in [0.717, 1.165) is 43.0 Å². The minimum absolute atomic E-state index is 0.0935. The van der Waals surface area contributed by atoms with Gasteiger partial charge in [0.2, 0.25) is 0 Å². The highest BCUT2D eigenvalue weighted by atomic mass is 79.9. The molecule has 1 aliphatic rings. The summed E-state index contributed by atoms with van der Waals surface area (Å²) in [5.74, 6) is -0.0935. The van der Waals surface area contributed by atoms with E-state index < -0.39 is 0 Å². The van der Waals surface area contributed by atoms with Crippen LogP contribution in [0.2, 0.25) is 0 Å². The van der Waals surface area contributed by atoms with Gasteiger partial charge in [0.05, 0.1) is 13.2 Å². The van der Waals surface area contributed by atoms with Crippen molar-refractivity contribution >= 4 is 27.5 Å². The van der Waals surface area contributed by atoms with E-state index in [4.69, 9.17) is 4.74 Å². The SMILES string of the molecule is O=C(Nc1ccc(C[NH+]2CCOCC2)cc1)c1ccc(Br)cc1. The fourth-order valence-corrected chi connectivity index (χ4v) is 2.90. The molecule has 3 rings (SSSR count). The first-order valence-electron chi connectivity index (χ1n) is 7.78. The molecule has 0 bridgehead atoms. The Balaban J connectivity index is 1.58. The van der Waals surface area contributed by atoms with Gasteiger partial charge in [-0.05, 0) is 36.4 Å². The van der Waals surface area contributed by atoms with E-state index in [0.29, 0.717) is 5.56 Å². The van der Waals surface area contributed by atoms with Crippen LogP contribution < -0.4 is 10.2 Å². The number of carbonyl (C=O) groups is 1. The van der Waals surface area contributed by atoms with Crippen molar-refractivity contribution in [3.05, 3.63) is 64.1 Å². The van der Waals surface area contributed by atoms with Crippen molar-refractivity contribution in [2.24, 2.45) is 0 Å². The lowest BCUT2D eigenvalue weighted by molar-refractivity contribution is -0.921. The summed E-state index contributed by atoms with van der Waals surface area (Å²) in [5.41, 5.74) is 2.75. The van der Waals surface area contributed by atoms with Crippen molar-refractivity contribution in [3.8, 4) is 0 Å². The maximum absolute atomic E-state index is 12.2. The fraction of sp³-hybridized carbons (Fsp3) is 0.278. The monoisotopic (exact) mass is 375 g/mol. The van der Waals surface area contributed by atoms with Crippen molar-refractivity contribution in [2.75, 3.05) is 31.6 Å². The van der Waals surface area contributed by atoms with Crippen LogP contribution in [0.15, 0.2) is 53.0 Å². The molecule has 1 aliphatic heterocycles. The lowest BCUT2D eigenvalue weighted by Gasteiger charge is -2.23. The van der Waals surface area contributed by atoms with E-state index in [1.165, 1.54) is 5.56 Å². The number of hydrogen-bond donors (Lipinski definition) is 2. The van der Waals surface area contributed by atoms with Gasteiger partial charge in [-0.3, -0.25) is 4.79 Å². The molecule has 2 aromatic rings. The summed E-state index contributed by atoms with van der Waals surface area (Å²) in [6, 6.07) is 15.4. The van der Waals surface area contributed by atoms with Gasteiger partial charge in [-0.2, -0.15) is 0 Å². The van der Waals surface area contributed by atoms with Crippen molar-refractivity contribution in [1.29, 1.82) is 0 Å². The molecule has 0 saturated carbocycles. The van der Waals surface area contributed by atoms with Crippen LogP contribution in [0.1, 0.15) is 15.9 Å². The molecule has 23 heavy (non-hydrogen) atoms. The third-order valence-corrected chi connectivity index (χ3v) is 4.50. The van der Waals surface area contributed by atoms with E-state index in [2.05, 4.69) is 33.4 Å². The number of rotatable bonds is 4. The quantitative estimate of drug-likeness (QED) is 0.859. The third kappa shape index (κ3) is 4.64. The minimum Gasteiger partial charge on any atom is -0.370 e. The molecule has 0 atom stereocenters. The zero-order valence-corrected chi connectivity index (χ0v) is 14.4. The maximum Gasteiger partial charge on any atom is 0.255 e. The van der Waals surface area contributed by atoms with Crippen LogP contribution in [-0.4, -0.2) is 32.2 Å². The summed E-state index contributed by atoms with van der Waals surface area (Å²) in [4.78, 5) is 13.7. The van der Waals surface area contributed by atoms with Gasteiger partial charge in [0.1, 0.15) is 19.6 Å². The second-order valence-electron chi connectivity index (χ2n) is 5.70. The van der Waals surface area contributed by atoms with Crippen molar-refractivity contribution in [1.82, 2.24) is 0 Å². The standard InChI is InChI=1S/C18H19BrN2O2/c19-16-5-3-15(4-6-16)18(22)20-17-7-1-14(2-8-17)13-21-9-11-23-12-10-21/h1-8H,9-13H2,(H,20,22)/p+1. The van der Waals surface area contributed by atoms with Gasteiger partial charge in [-0.15, -0.1) is 0 Å². The van der Waals surface area contributed by atoms with Crippen molar-refractivity contribution in [3.63, 3.8) is 0 Å². The Bertz CT molecular complexity index is 650. The molecule has 1 heterocycles. The molecule has 4 nitrogen and oxygen atoms in total. The number of ether oxygens (including phenoxy) is 1. The van der Waals surface area contributed by atoms with Crippen molar-refractivity contribution < 1.29 is 14.4 Å². The molecule has 0 radical (unpaired) electrons. The average molecular weight is 376 g/mol. The summed E-state index contributed by atoms with van der Waals surface area (Å²) in [6.07, 6.45) is 0. The highest BCUT2D eigenvalue weighted by Gasteiger charge is 2.14. The molecule has 1 fully saturated rings. The van der Waals surface area contributed by atoms with Crippen LogP contribution >= 0.6 is 15.9 Å². The first-order chi connectivity index (χ1) is 11.2. The van der Waals surface area contributed by atoms with Crippen LogP contribution in [0, 0.1) is 0 Å². The Labute approximate surface area is 144 Å². The normalized spacial score (nSPS) is 15.3. The van der Waals surface area contributed by atoms with E-state index >= 15 is 0 Å². The van der Waals surface area contributed by atoms with E-state index in [1.54, 1.807) is 17.0 Å². The van der Waals surface area contributed by atoms with Gasteiger partial charge >= 0.3 is 0 Å². The van der Waals surface area contributed by atoms with Crippen LogP contribution in [0.3, 0.4) is 0 Å². The lowest BCUT2D eigenvalue weighted by atomic mass is 10.1. The Morgan fingerprint density at radius 2 is 1.70 bits per heavy atom. The summed E-state index contributed by atoms with van der Waals surface area (Å²) >= 11 is 3.37. The fourth-order valence-electron chi connectivity index (χ4n) is 2.64. The Kier molecular flexibility index (Phi) is 5.43. The van der Waals surface area contributed by atoms with E-state index in [9.17, 15) is 4.79 Å². The van der Waals surface area contributed by atoms with Crippen LogP contribution in [0.4, 0.5) is 5.69 Å². The summed E-state index contributed by atoms with van der Waals surface area (Å²) in [7, 11) is 0. The van der Waals surface area contributed by atoms with E-state index in [1.807, 2.05) is 24.3 Å². The molecule has 2 aromatic carbocycles. The predicted molar refractivity (Wildman–Crippen MR) is 93.8 cm³/mol. The first-order valence-corrected chi connectivity index (χ1v) is 8.57. The number of halogens is 1. The molecule has 5 heteroatoms. The number of nitrogens with one attached hydrogen (secondary N) is 2. The molecule has 0 spiro atoms. The number of carbonyl (C=O) groups excluding carboxylic acids is 1. The molecule has 0 aromatic heterocycles. The first kappa shape index (κ1) is 16.2. The highest BCUT2D eigenvalue weighted by molar-refractivity contribution is 9.10. The number of benzene rings is 2. The Hall–Kier alpha value is -1.69. The lowest BCUT2D eigenvalue weighted by Crippen LogP contribution is -3.12. The molecule has 0 aliphatic carbocycles. The second-order valence-corrected chi connectivity index (χ2v) is 6.61. The van der Waals surface area contributed by atoms with Crippen molar-refractivity contribution in [2.45, 2.75) is 6.54 Å². The minimum atomic E-state index is -0.0935. The predicted octanol–water partition coefficient (Wildman–Crippen LogP) is 2.12. The largest absolute Gasteiger partial charge is 0.370 e. The van der Waals surface area contributed by atoms with Gasteiger partial charge < -0.3 is 15.0 Å². The van der Waals surface area contributed by atoms with Gasteiger partial charge in [-0.25, -0.2) is 0 Å². The van der Waals surface area contributed by atoms with Gasteiger partial charge in [0.25, 0.3) is 5.91 Å². The molecule has 1 amide bonds. The number of quaternary nitrogens is 1. The Morgan fingerprint density at radius 1 is 1.04 bits per heavy atom. The maximum atomic E-state index is 12.2. The average Bonchev–Trinajstić information content (AvgIpc) is 2.58.